The largest absolute Gasteiger partial charge is 0.484 e. The number of carbonyl (C=O) groups excluding carboxylic acids is 3. The Morgan fingerprint density at radius 3 is 2.33 bits per heavy atom. The molecule has 0 saturated heterocycles. The fourth-order valence-corrected chi connectivity index (χ4v) is 5.07. The maximum absolute atomic E-state index is 13.3. The molecule has 0 bridgehead atoms. The predicted molar refractivity (Wildman–Crippen MR) is 185 cm³/mol. The Labute approximate surface area is 279 Å². The molecule has 3 aromatic carbocycles. The average molecular weight is 652 g/mol. The molecular formula is C36H41N7O5. The van der Waals surface area contributed by atoms with Crippen molar-refractivity contribution in [2.75, 3.05) is 18.1 Å². The van der Waals surface area contributed by atoms with E-state index in [4.69, 9.17) is 19.4 Å². The Kier molecular flexibility index (Phi) is 9.92. The van der Waals surface area contributed by atoms with Crippen molar-refractivity contribution < 1.29 is 23.9 Å². The monoisotopic (exact) mass is 651 g/mol. The fourth-order valence-electron chi connectivity index (χ4n) is 5.07. The molecule has 5 rings (SSSR count). The standard InChI is InChI=1S/C36H41N7O5/c1-22(2)38-31(44)20-42(26-15-16-30-25(17-26)19-37-43(30)35(46)48-36(5,6)7)34-28-13-8-9-14-29(28)40-33(41-34)24-11-10-12-27(18-24)47-21-32(45)39-23(3)4/h8-19,22-23H,20-21H2,1-7H3,(H,38,44)(H,39,45). The van der Waals surface area contributed by atoms with Crippen LogP contribution in [-0.4, -0.2) is 68.5 Å². The van der Waals surface area contributed by atoms with Gasteiger partial charge < -0.3 is 25.0 Å². The fraction of sp³-hybridized carbons (Fsp3) is 0.333. The first-order valence-corrected chi connectivity index (χ1v) is 15.8. The number of amides is 2. The molecule has 0 atom stereocenters. The van der Waals surface area contributed by atoms with E-state index in [9.17, 15) is 14.4 Å². The predicted octanol–water partition coefficient (Wildman–Crippen LogP) is 6.00. The summed E-state index contributed by atoms with van der Waals surface area (Å²) in [7, 11) is 0. The molecule has 0 saturated carbocycles. The van der Waals surface area contributed by atoms with Crippen LogP contribution in [0.25, 0.3) is 33.2 Å². The van der Waals surface area contributed by atoms with E-state index in [-0.39, 0.29) is 37.0 Å². The summed E-state index contributed by atoms with van der Waals surface area (Å²) in [4.78, 5) is 50.0. The van der Waals surface area contributed by atoms with Gasteiger partial charge in [-0.1, -0.05) is 24.3 Å². The molecule has 12 nitrogen and oxygen atoms in total. The van der Waals surface area contributed by atoms with E-state index in [1.54, 1.807) is 45.2 Å². The quantitative estimate of drug-likeness (QED) is 0.186. The third-order valence-electron chi connectivity index (χ3n) is 6.93. The van der Waals surface area contributed by atoms with E-state index in [0.717, 1.165) is 5.39 Å². The number of hydrogen-bond donors (Lipinski definition) is 2. The Balaban J connectivity index is 1.58. The summed E-state index contributed by atoms with van der Waals surface area (Å²) in [6.45, 7) is 12.8. The van der Waals surface area contributed by atoms with Crippen molar-refractivity contribution in [2.45, 2.75) is 66.2 Å². The summed E-state index contributed by atoms with van der Waals surface area (Å²) < 4.78 is 12.5. The van der Waals surface area contributed by atoms with Gasteiger partial charge in [0.2, 0.25) is 5.91 Å². The minimum absolute atomic E-state index is 0.00397. The van der Waals surface area contributed by atoms with Crippen LogP contribution in [0.4, 0.5) is 16.3 Å². The van der Waals surface area contributed by atoms with E-state index >= 15 is 0 Å². The molecule has 0 unspecified atom stereocenters. The van der Waals surface area contributed by atoms with Crippen molar-refractivity contribution in [3.8, 4) is 17.1 Å². The highest BCUT2D eigenvalue weighted by atomic mass is 16.6. The Hall–Kier alpha value is -5.52. The van der Waals surface area contributed by atoms with E-state index in [1.807, 2.05) is 81.1 Å². The van der Waals surface area contributed by atoms with Crippen molar-refractivity contribution in [1.29, 1.82) is 0 Å². The van der Waals surface area contributed by atoms with Crippen LogP contribution in [0.5, 0.6) is 5.75 Å². The van der Waals surface area contributed by atoms with Crippen molar-refractivity contribution >= 4 is 51.2 Å². The number of para-hydroxylation sites is 1. The van der Waals surface area contributed by atoms with Crippen LogP contribution in [0, 0.1) is 0 Å². The highest BCUT2D eigenvalue weighted by Gasteiger charge is 2.23. The summed E-state index contributed by atoms with van der Waals surface area (Å²) in [6, 6.07) is 20.2. The van der Waals surface area contributed by atoms with Gasteiger partial charge in [-0.25, -0.2) is 14.8 Å². The highest BCUT2D eigenvalue weighted by Crippen LogP contribution is 2.34. The second kappa shape index (κ2) is 14.1. The third kappa shape index (κ3) is 8.24. The normalized spacial score (nSPS) is 11.6. The molecule has 0 aliphatic rings. The molecule has 0 fully saturated rings. The Bertz CT molecular complexity index is 1960. The van der Waals surface area contributed by atoms with Crippen molar-refractivity contribution in [3.63, 3.8) is 0 Å². The first-order valence-electron chi connectivity index (χ1n) is 15.8. The molecule has 2 amide bonds. The Morgan fingerprint density at radius 1 is 0.875 bits per heavy atom. The summed E-state index contributed by atoms with van der Waals surface area (Å²) in [5.41, 5.74) is 1.88. The van der Waals surface area contributed by atoms with Gasteiger partial charge >= 0.3 is 6.09 Å². The molecule has 48 heavy (non-hydrogen) atoms. The maximum atomic E-state index is 13.3. The van der Waals surface area contributed by atoms with E-state index in [0.29, 0.717) is 45.1 Å². The topological polar surface area (TPSA) is 141 Å². The molecule has 0 aliphatic carbocycles. The zero-order valence-corrected chi connectivity index (χ0v) is 28.3. The SMILES string of the molecule is CC(C)NC(=O)COc1cccc(-c2nc(N(CC(=O)NC(C)C)c3ccc4c(cnn4C(=O)OC(C)(C)C)c3)c3ccccc3n2)c1. The molecule has 12 heteroatoms. The molecular weight excluding hydrogens is 610 g/mol. The van der Waals surface area contributed by atoms with Gasteiger partial charge in [-0.2, -0.15) is 9.78 Å². The van der Waals surface area contributed by atoms with E-state index in [1.165, 1.54) is 4.68 Å². The first-order chi connectivity index (χ1) is 22.8. The van der Waals surface area contributed by atoms with Gasteiger partial charge in [0, 0.05) is 34.1 Å². The zero-order valence-electron chi connectivity index (χ0n) is 28.3. The number of hydrogen-bond acceptors (Lipinski definition) is 9. The minimum Gasteiger partial charge on any atom is -0.484 e. The Morgan fingerprint density at radius 2 is 1.60 bits per heavy atom. The number of benzene rings is 3. The molecule has 5 aromatic rings. The van der Waals surface area contributed by atoms with Gasteiger partial charge in [0.15, 0.2) is 12.4 Å². The summed E-state index contributed by atoms with van der Waals surface area (Å²) >= 11 is 0. The number of anilines is 2. The molecule has 0 aliphatic heterocycles. The van der Waals surface area contributed by atoms with Gasteiger partial charge in [-0.05, 0) is 90.9 Å². The minimum atomic E-state index is -0.685. The number of ether oxygens (including phenoxy) is 2. The van der Waals surface area contributed by atoms with Crippen molar-refractivity contribution in [3.05, 3.63) is 72.9 Å². The van der Waals surface area contributed by atoms with Gasteiger partial charge in [0.25, 0.3) is 5.91 Å². The highest BCUT2D eigenvalue weighted by molar-refractivity contribution is 5.97. The van der Waals surface area contributed by atoms with Crippen LogP contribution in [0.1, 0.15) is 48.5 Å². The molecule has 2 aromatic heterocycles. The second-order valence-electron chi connectivity index (χ2n) is 13.0. The zero-order chi connectivity index (χ0) is 34.6. The smallest absolute Gasteiger partial charge is 0.435 e. The van der Waals surface area contributed by atoms with E-state index in [2.05, 4.69) is 15.7 Å². The molecule has 250 valence electrons. The van der Waals surface area contributed by atoms with Crippen LogP contribution in [-0.2, 0) is 14.3 Å². The number of aromatic nitrogens is 4. The molecule has 2 heterocycles. The number of nitrogens with one attached hydrogen (secondary N) is 2. The van der Waals surface area contributed by atoms with Gasteiger partial charge in [0.05, 0.1) is 17.2 Å². The van der Waals surface area contributed by atoms with E-state index < -0.39 is 11.7 Å². The van der Waals surface area contributed by atoms with Crippen molar-refractivity contribution in [2.24, 2.45) is 0 Å². The molecule has 2 N–H and O–H groups in total. The van der Waals surface area contributed by atoms with Crippen LogP contribution in [0.2, 0.25) is 0 Å². The number of carbonyl (C=O) groups is 3. The third-order valence-corrected chi connectivity index (χ3v) is 6.93. The summed E-state index contributed by atoms with van der Waals surface area (Å²) in [5.74, 6) is 0.993. The molecule has 0 radical (unpaired) electrons. The maximum Gasteiger partial charge on any atom is 0.435 e. The van der Waals surface area contributed by atoms with Gasteiger partial charge in [-0.3, -0.25) is 9.59 Å². The second-order valence-corrected chi connectivity index (χ2v) is 13.0. The number of nitrogens with zero attached hydrogens (tertiary/aromatic N) is 5. The van der Waals surface area contributed by atoms with Crippen molar-refractivity contribution in [1.82, 2.24) is 30.4 Å². The lowest BCUT2D eigenvalue weighted by molar-refractivity contribution is -0.123. The summed E-state index contributed by atoms with van der Waals surface area (Å²) in [6.07, 6.45) is 1.00. The lowest BCUT2D eigenvalue weighted by Gasteiger charge is -2.26. The molecule has 0 spiro atoms. The lowest BCUT2D eigenvalue weighted by atomic mass is 10.1. The van der Waals surface area contributed by atoms with Crippen LogP contribution in [0.15, 0.2) is 72.9 Å². The van der Waals surface area contributed by atoms with Crippen LogP contribution >= 0.6 is 0 Å². The number of fused-ring (bicyclic) bond motifs is 2. The van der Waals surface area contributed by atoms with Crippen LogP contribution < -0.4 is 20.3 Å². The van der Waals surface area contributed by atoms with Gasteiger partial charge in [0.1, 0.15) is 23.7 Å². The average Bonchev–Trinajstić information content (AvgIpc) is 3.44. The van der Waals surface area contributed by atoms with Crippen LogP contribution in [0.3, 0.4) is 0 Å². The van der Waals surface area contributed by atoms with Gasteiger partial charge in [-0.15, -0.1) is 0 Å². The first kappa shape index (κ1) is 33.8. The lowest BCUT2D eigenvalue weighted by Crippen LogP contribution is -2.38. The number of rotatable bonds is 10. The summed E-state index contributed by atoms with van der Waals surface area (Å²) in [5, 5.41) is 11.5.